The van der Waals surface area contributed by atoms with Crippen molar-refractivity contribution in [1.82, 2.24) is 20.4 Å². The molecule has 0 bridgehead atoms. The van der Waals surface area contributed by atoms with Crippen LogP contribution in [0.15, 0.2) is 22.7 Å². The Morgan fingerprint density at radius 2 is 2.10 bits per heavy atom. The third kappa shape index (κ3) is 4.08. The minimum Gasteiger partial charge on any atom is -0.494 e. The maximum Gasteiger partial charge on any atom is 0.254 e. The summed E-state index contributed by atoms with van der Waals surface area (Å²) in [5.74, 6) is 0.0521. The molecule has 154 valence electrons. The van der Waals surface area contributed by atoms with Gasteiger partial charge in [0.05, 0.1) is 19.1 Å². The number of ether oxygens (including phenoxy) is 1. The lowest BCUT2D eigenvalue weighted by Gasteiger charge is -2.37. The summed E-state index contributed by atoms with van der Waals surface area (Å²) in [5, 5.41) is 6.90. The van der Waals surface area contributed by atoms with Gasteiger partial charge in [-0.1, -0.05) is 5.16 Å². The molecule has 1 aliphatic carbocycles. The number of nitrogens with zero attached hydrogens (tertiary/aromatic N) is 3. The molecular weight excluding hydrogens is 379 g/mol. The largest absolute Gasteiger partial charge is 0.494 e. The summed E-state index contributed by atoms with van der Waals surface area (Å²) in [6.07, 6.45) is 2.33. The van der Waals surface area contributed by atoms with E-state index in [-0.39, 0.29) is 47.5 Å². The lowest BCUT2D eigenvalue weighted by molar-refractivity contribution is -0.123. The number of rotatable bonds is 5. The molecule has 0 spiro atoms. The highest BCUT2D eigenvalue weighted by atomic mass is 19.1. The van der Waals surface area contributed by atoms with Gasteiger partial charge in [0.25, 0.3) is 5.91 Å². The van der Waals surface area contributed by atoms with E-state index in [2.05, 4.69) is 15.5 Å². The third-order valence-corrected chi connectivity index (χ3v) is 5.44. The molecule has 1 aromatic heterocycles. The Labute approximate surface area is 167 Å². The molecule has 29 heavy (non-hydrogen) atoms. The SMILES string of the molecule is COc1ccc(C(=O)N2CC[C@H](c3nc(C)no3)[C@H](NC(=O)C3CC3)C2)cc1F. The third-order valence-electron chi connectivity index (χ3n) is 5.44. The lowest BCUT2D eigenvalue weighted by atomic mass is 9.90. The molecule has 9 heteroatoms. The number of carbonyl (C=O) groups is 2. The number of carbonyl (C=O) groups excluding carboxylic acids is 2. The molecule has 2 amide bonds. The summed E-state index contributed by atoms with van der Waals surface area (Å²) < 4.78 is 24.3. The maximum absolute atomic E-state index is 14.0. The minimum atomic E-state index is -0.590. The van der Waals surface area contributed by atoms with E-state index in [0.717, 1.165) is 12.8 Å². The summed E-state index contributed by atoms with van der Waals surface area (Å²) in [7, 11) is 1.37. The summed E-state index contributed by atoms with van der Waals surface area (Å²) in [5.41, 5.74) is 0.239. The molecule has 1 aromatic carbocycles. The topological polar surface area (TPSA) is 97.6 Å². The van der Waals surface area contributed by atoms with Gasteiger partial charge in [-0.15, -0.1) is 0 Å². The van der Waals surface area contributed by atoms with Crippen molar-refractivity contribution in [3.63, 3.8) is 0 Å². The predicted octanol–water partition coefficient (Wildman–Crippen LogP) is 2.05. The van der Waals surface area contributed by atoms with Gasteiger partial charge in [0, 0.05) is 24.6 Å². The molecule has 1 saturated heterocycles. The number of aryl methyl sites for hydroxylation is 1. The zero-order chi connectivity index (χ0) is 20.5. The van der Waals surface area contributed by atoms with Gasteiger partial charge in [-0.25, -0.2) is 4.39 Å². The summed E-state index contributed by atoms with van der Waals surface area (Å²) in [6, 6.07) is 3.80. The van der Waals surface area contributed by atoms with Crippen molar-refractivity contribution in [2.45, 2.75) is 38.1 Å². The quantitative estimate of drug-likeness (QED) is 0.822. The van der Waals surface area contributed by atoms with Crippen molar-refractivity contribution in [3.05, 3.63) is 41.3 Å². The second-order valence-corrected chi connectivity index (χ2v) is 7.56. The molecule has 0 unspecified atom stereocenters. The first kappa shape index (κ1) is 19.4. The fraction of sp³-hybridized carbons (Fsp3) is 0.500. The monoisotopic (exact) mass is 402 g/mol. The van der Waals surface area contributed by atoms with Gasteiger partial charge in [0.15, 0.2) is 17.4 Å². The number of hydrogen-bond acceptors (Lipinski definition) is 6. The Balaban J connectivity index is 1.53. The van der Waals surface area contributed by atoms with Gasteiger partial charge >= 0.3 is 0 Å². The van der Waals surface area contributed by atoms with E-state index in [4.69, 9.17) is 9.26 Å². The van der Waals surface area contributed by atoms with Crippen LogP contribution in [-0.2, 0) is 4.79 Å². The van der Waals surface area contributed by atoms with E-state index in [1.54, 1.807) is 11.8 Å². The molecule has 1 saturated carbocycles. The van der Waals surface area contributed by atoms with Crippen LogP contribution in [0.2, 0.25) is 0 Å². The highest BCUT2D eigenvalue weighted by Crippen LogP contribution is 2.32. The smallest absolute Gasteiger partial charge is 0.254 e. The molecule has 2 atom stereocenters. The number of amides is 2. The maximum atomic E-state index is 14.0. The first-order valence-electron chi connectivity index (χ1n) is 9.69. The van der Waals surface area contributed by atoms with Crippen molar-refractivity contribution in [1.29, 1.82) is 0 Å². The van der Waals surface area contributed by atoms with Gasteiger partial charge in [0.2, 0.25) is 11.8 Å². The summed E-state index contributed by atoms with van der Waals surface area (Å²) in [4.78, 5) is 31.2. The van der Waals surface area contributed by atoms with Gasteiger partial charge in [0.1, 0.15) is 0 Å². The van der Waals surface area contributed by atoms with Crippen LogP contribution in [-0.4, -0.2) is 53.1 Å². The number of methoxy groups -OCH3 is 1. The number of aromatic nitrogens is 2. The fourth-order valence-corrected chi connectivity index (χ4v) is 3.67. The first-order chi connectivity index (χ1) is 14.0. The first-order valence-corrected chi connectivity index (χ1v) is 9.69. The van der Waals surface area contributed by atoms with Crippen LogP contribution in [0.3, 0.4) is 0 Å². The Morgan fingerprint density at radius 1 is 1.31 bits per heavy atom. The summed E-state index contributed by atoms with van der Waals surface area (Å²) >= 11 is 0. The zero-order valence-electron chi connectivity index (χ0n) is 16.4. The van der Waals surface area contributed by atoms with E-state index in [9.17, 15) is 14.0 Å². The van der Waals surface area contributed by atoms with Crippen molar-refractivity contribution in [2.24, 2.45) is 5.92 Å². The molecule has 0 radical (unpaired) electrons. The molecule has 8 nitrogen and oxygen atoms in total. The highest BCUT2D eigenvalue weighted by Gasteiger charge is 2.39. The van der Waals surface area contributed by atoms with Crippen molar-refractivity contribution < 1.29 is 23.2 Å². The van der Waals surface area contributed by atoms with E-state index >= 15 is 0 Å². The van der Waals surface area contributed by atoms with Crippen molar-refractivity contribution in [2.75, 3.05) is 20.2 Å². The minimum absolute atomic E-state index is 0.0129. The van der Waals surface area contributed by atoms with E-state index in [1.807, 2.05) is 0 Å². The Bertz CT molecular complexity index is 927. The van der Waals surface area contributed by atoms with Gasteiger partial charge < -0.3 is 19.5 Å². The summed E-state index contributed by atoms with van der Waals surface area (Å²) in [6.45, 7) is 2.47. The second-order valence-electron chi connectivity index (χ2n) is 7.56. The van der Waals surface area contributed by atoms with Gasteiger partial charge in [-0.05, 0) is 44.4 Å². The van der Waals surface area contributed by atoms with E-state index < -0.39 is 5.82 Å². The second kappa shape index (κ2) is 7.81. The van der Waals surface area contributed by atoms with Crippen LogP contribution >= 0.6 is 0 Å². The lowest BCUT2D eigenvalue weighted by Crippen LogP contribution is -2.53. The molecule has 2 aromatic rings. The van der Waals surface area contributed by atoms with E-state index in [1.165, 1.54) is 25.3 Å². The standard InChI is InChI=1S/C20H23FN4O4/c1-11-22-19(29-24-11)14-7-8-25(10-16(14)23-18(26)12-3-4-12)20(27)13-5-6-17(28-2)15(21)9-13/h5-6,9,12,14,16H,3-4,7-8,10H2,1-2H3,(H,23,26)/t14-,16+/m0/s1. The van der Waals surface area contributed by atoms with Gasteiger partial charge in [-0.2, -0.15) is 4.98 Å². The van der Waals surface area contributed by atoms with Crippen LogP contribution < -0.4 is 10.1 Å². The molecule has 1 aliphatic heterocycles. The number of halogens is 1. The number of benzene rings is 1. The molecular formula is C20H23FN4O4. The predicted molar refractivity (Wildman–Crippen MR) is 99.9 cm³/mol. The molecule has 2 aliphatic rings. The number of piperidine rings is 1. The normalized spacial score (nSPS) is 21.7. The van der Waals surface area contributed by atoms with Crippen molar-refractivity contribution >= 4 is 11.8 Å². The zero-order valence-corrected chi connectivity index (χ0v) is 16.4. The molecule has 2 fully saturated rings. The van der Waals surface area contributed by atoms with Gasteiger partial charge in [-0.3, -0.25) is 9.59 Å². The molecule has 4 rings (SSSR count). The van der Waals surface area contributed by atoms with Crippen LogP contribution in [0.5, 0.6) is 5.75 Å². The number of likely N-dealkylation sites (tertiary alicyclic amines) is 1. The average Bonchev–Trinajstić information content (AvgIpc) is 3.48. The Hall–Kier alpha value is -2.97. The van der Waals surface area contributed by atoms with E-state index in [0.29, 0.717) is 24.7 Å². The molecule has 1 N–H and O–H groups in total. The highest BCUT2D eigenvalue weighted by molar-refractivity contribution is 5.94. The van der Waals surface area contributed by atoms with Crippen LogP contribution in [0.1, 0.15) is 47.3 Å². The fourth-order valence-electron chi connectivity index (χ4n) is 3.67. The number of hydrogen-bond donors (Lipinski definition) is 1. The average molecular weight is 402 g/mol. The number of nitrogens with one attached hydrogen (secondary N) is 1. The Kier molecular flexibility index (Phi) is 5.21. The molecule has 2 heterocycles. The van der Waals surface area contributed by atoms with Crippen LogP contribution in [0.4, 0.5) is 4.39 Å². The van der Waals surface area contributed by atoms with Crippen LogP contribution in [0, 0.1) is 18.7 Å². The van der Waals surface area contributed by atoms with Crippen molar-refractivity contribution in [3.8, 4) is 5.75 Å². The Morgan fingerprint density at radius 3 is 2.72 bits per heavy atom. The van der Waals surface area contributed by atoms with Crippen LogP contribution in [0.25, 0.3) is 0 Å².